The van der Waals surface area contributed by atoms with Crippen LogP contribution in [0.1, 0.15) is 17.5 Å². The van der Waals surface area contributed by atoms with Gasteiger partial charge in [-0.2, -0.15) is 28.8 Å². The summed E-state index contributed by atoms with van der Waals surface area (Å²) in [5.41, 5.74) is 8.79. The van der Waals surface area contributed by atoms with E-state index in [1.54, 1.807) is 97.1 Å². The zero-order chi connectivity index (χ0) is 65.4. The molecule has 0 amide bonds. The molecule has 474 valence electrons. The minimum Gasteiger partial charge on any atom is -0.497 e. The lowest BCUT2D eigenvalue weighted by atomic mass is 10.1. The number of benzene rings is 5. The van der Waals surface area contributed by atoms with Crippen LogP contribution in [-0.4, -0.2) is 123 Å². The fourth-order valence-corrected chi connectivity index (χ4v) is 10.9. The van der Waals surface area contributed by atoms with Gasteiger partial charge in [0, 0.05) is 75.3 Å². The van der Waals surface area contributed by atoms with E-state index in [4.69, 9.17) is 44.8 Å². The Morgan fingerprint density at radius 3 is 1.22 bits per heavy atom. The minimum absolute atomic E-state index is 0.141. The van der Waals surface area contributed by atoms with Gasteiger partial charge < -0.3 is 33.2 Å². The SMILES string of the molecule is CNS(=O)(=O)c1ccc(-c2ccc3nnc(COc4ccnc5cc(OC)ccc45)n3n2)cc1.COc1ccc2c(OCc3nnc4ccc(-c5ccc(Cl)cc5)nn34)ccnc2c1.COc1ccc2c(OCc3nnc4ccc(-c5cccnc5OC)nn34)ccnc2c1. The number of aromatic nitrogens is 16. The van der Waals surface area contributed by atoms with E-state index in [0.29, 0.717) is 79.7 Å². The van der Waals surface area contributed by atoms with Crippen molar-refractivity contribution in [2.45, 2.75) is 24.7 Å². The third-order valence-corrected chi connectivity index (χ3v) is 16.6. The number of halogens is 1. The molecule has 0 bridgehead atoms. The lowest BCUT2D eigenvalue weighted by Crippen LogP contribution is -2.18. The summed E-state index contributed by atoms with van der Waals surface area (Å²) in [5.74, 6) is 6.43. The molecule has 5 aromatic carbocycles. The number of pyridine rings is 4. The molecule has 15 rings (SSSR count). The number of rotatable bonds is 18. The maximum atomic E-state index is 12.0. The van der Waals surface area contributed by atoms with Gasteiger partial charge in [0.2, 0.25) is 15.9 Å². The van der Waals surface area contributed by atoms with E-state index in [1.807, 2.05) is 127 Å². The van der Waals surface area contributed by atoms with Crippen LogP contribution in [0.4, 0.5) is 0 Å². The maximum absolute atomic E-state index is 12.0. The minimum atomic E-state index is -3.51. The monoisotopic (exact) mass is 1310 g/mol. The van der Waals surface area contributed by atoms with Gasteiger partial charge in [-0.15, -0.1) is 30.6 Å². The van der Waals surface area contributed by atoms with Gasteiger partial charge in [0.1, 0.15) is 54.3 Å². The summed E-state index contributed by atoms with van der Waals surface area (Å²) in [5, 5.41) is 42.5. The number of ether oxygens (including phenoxy) is 7. The smallest absolute Gasteiger partial charge is 0.240 e. The zero-order valence-electron chi connectivity index (χ0n) is 51.2. The Kier molecular flexibility index (Phi) is 17.8. The van der Waals surface area contributed by atoms with Gasteiger partial charge in [-0.3, -0.25) is 15.0 Å². The number of nitrogens with zero attached hydrogens (tertiary/aromatic N) is 16. The van der Waals surface area contributed by atoms with Crippen LogP contribution in [0.5, 0.6) is 40.4 Å². The summed E-state index contributed by atoms with van der Waals surface area (Å²) in [7, 11) is 4.31. The first-order chi connectivity index (χ1) is 46.5. The summed E-state index contributed by atoms with van der Waals surface area (Å²) in [6.45, 7) is 0.540. The summed E-state index contributed by atoms with van der Waals surface area (Å²) >= 11 is 5.99. The van der Waals surface area contributed by atoms with Crippen LogP contribution in [0, 0.1) is 0 Å². The molecule has 0 aliphatic carbocycles. The summed E-state index contributed by atoms with van der Waals surface area (Å²) in [4.78, 5) is 17.6. The van der Waals surface area contributed by atoms with Crippen molar-refractivity contribution >= 4 is 71.3 Å². The fourth-order valence-electron chi connectivity index (χ4n) is 10.0. The fraction of sp³-hybridized carbons (Fsp3) is 0.119. The van der Waals surface area contributed by atoms with Crippen LogP contribution in [0.25, 0.3) is 83.4 Å². The molecule has 0 aliphatic rings. The highest BCUT2D eigenvalue weighted by atomic mass is 35.5. The summed E-state index contributed by atoms with van der Waals surface area (Å²) in [6.07, 6.45) is 6.75. The van der Waals surface area contributed by atoms with E-state index in [1.165, 1.54) is 19.2 Å². The number of hydrogen-bond acceptors (Lipinski definition) is 22. The van der Waals surface area contributed by atoms with Crippen molar-refractivity contribution in [1.29, 1.82) is 0 Å². The Morgan fingerprint density at radius 1 is 0.421 bits per heavy atom. The molecule has 95 heavy (non-hydrogen) atoms. The van der Waals surface area contributed by atoms with Gasteiger partial charge in [0.25, 0.3) is 0 Å². The van der Waals surface area contributed by atoms with E-state index >= 15 is 0 Å². The first-order valence-corrected chi connectivity index (χ1v) is 30.9. The van der Waals surface area contributed by atoms with Crippen molar-refractivity contribution in [1.82, 2.24) is 84.1 Å². The van der Waals surface area contributed by atoms with Crippen molar-refractivity contribution in [3.05, 3.63) is 217 Å². The van der Waals surface area contributed by atoms with Crippen molar-refractivity contribution in [3.63, 3.8) is 0 Å². The zero-order valence-corrected chi connectivity index (χ0v) is 52.8. The molecule has 0 radical (unpaired) electrons. The second-order valence-electron chi connectivity index (χ2n) is 20.6. The highest BCUT2D eigenvalue weighted by molar-refractivity contribution is 7.89. The van der Waals surface area contributed by atoms with Crippen molar-refractivity contribution in [2.24, 2.45) is 0 Å². The average molecular weight is 1310 g/mol. The predicted molar refractivity (Wildman–Crippen MR) is 352 cm³/mol. The first-order valence-electron chi connectivity index (χ1n) is 29.1. The molecular weight excluding hydrogens is 1250 g/mol. The molecule has 28 heteroatoms. The van der Waals surface area contributed by atoms with Gasteiger partial charge in [-0.05, 0) is 134 Å². The highest BCUT2D eigenvalue weighted by Gasteiger charge is 2.18. The van der Waals surface area contributed by atoms with Gasteiger partial charge in [0.15, 0.2) is 34.4 Å². The highest BCUT2D eigenvalue weighted by Crippen LogP contribution is 2.32. The van der Waals surface area contributed by atoms with Crippen LogP contribution >= 0.6 is 11.6 Å². The van der Waals surface area contributed by atoms with Crippen LogP contribution in [0.15, 0.2) is 200 Å². The summed E-state index contributed by atoms with van der Waals surface area (Å²) in [6, 6.07) is 51.2. The van der Waals surface area contributed by atoms with Crippen LogP contribution in [0.2, 0.25) is 5.02 Å². The maximum Gasteiger partial charge on any atom is 0.240 e. The molecule has 1 N–H and O–H groups in total. The molecule has 0 aliphatic heterocycles. The number of nitrogens with one attached hydrogen (secondary N) is 1. The number of fused-ring (bicyclic) bond motifs is 6. The molecule has 15 aromatic rings. The number of hydrogen-bond donors (Lipinski definition) is 1. The second kappa shape index (κ2) is 27.4. The third kappa shape index (κ3) is 13.4. The van der Waals surface area contributed by atoms with E-state index in [-0.39, 0.29) is 24.7 Å². The molecule has 0 unspecified atom stereocenters. The quantitative estimate of drug-likeness (QED) is 0.0835. The average Bonchev–Trinajstić information content (AvgIpc) is 1.83. The van der Waals surface area contributed by atoms with E-state index in [9.17, 15) is 8.42 Å². The van der Waals surface area contributed by atoms with Gasteiger partial charge in [-0.25, -0.2) is 18.1 Å². The first kappa shape index (κ1) is 61.8. The van der Waals surface area contributed by atoms with E-state index < -0.39 is 10.0 Å². The number of sulfonamides is 1. The van der Waals surface area contributed by atoms with Crippen molar-refractivity contribution in [3.8, 4) is 74.1 Å². The molecule has 10 heterocycles. The Balaban J connectivity index is 0.000000129. The molecule has 0 saturated carbocycles. The van der Waals surface area contributed by atoms with Crippen LogP contribution in [0.3, 0.4) is 0 Å². The Bertz CT molecular complexity index is 5390. The van der Waals surface area contributed by atoms with Gasteiger partial charge in [-0.1, -0.05) is 35.9 Å². The van der Waals surface area contributed by atoms with E-state index in [0.717, 1.165) is 66.6 Å². The molecule has 0 saturated heterocycles. The van der Waals surface area contributed by atoms with Crippen LogP contribution in [-0.2, 0) is 29.8 Å². The van der Waals surface area contributed by atoms with Crippen molar-refractivity contribution in [2.75, 3.05) is 35.5 Å². The largest absolute Gasteiger partial charge is 0.497 e. The van der Waals surface area contributed by atoms with Gasteiger partial charge >= 0.3 is 0 Å². The predicted octanol–water partition coefficient (Wildman–Crippen LogP) is 10.7. The molecule has 10 aromatic heterocycles. The topological polar surface area (TPSA) is 292 Å². The van der Waals surface area contributed by atoms with Crippen LogP contribution < -0.4 is 37.9 Å². The molecule has 0 spiro atoms. The number of methoxy groups -OCH3 is 4. The van der Waals surface area contributed by atoms with E-state index in [2.05, 4.69) is 70.5 Å². The standard InChI is InChI=1S/C23H20N6O4S.C22H16ClN5O2.C22H18N6O3/c1-24-34(30,31)17-6-3-15(4-7-17)19-9-10-22-26-27-23(29(22)28-19)14-33-21-11-12-25-20-13-16(32-2)5-8-18(20)21;1-29-16-6-7-17-19(12-16)24-11-10-20(17)30-13-22-26-25-21-9-8-18(27-28(21)22)14-2-4-15(23)5-3-14;1-29-14-5-6-15-18(12-14)23-11-9-19(15)31-13-21-26-25-20-8-7-17(27-28(20)21)16-4-3-10-24-22(16)30-2/h3-13,24H,14H2,1-2H3;2-12H,13H2,1H3;3-12H,13H2,1-2H3. The molecule has 0 atom stereocenters. The second-order valence-corrected chi connectivity index (χ2v) is 22.9. The summed E-state index contributed by atoms with van der Waals surface area (Å²) < 4.78 is 70.5. The lowest BCUT2D eigenvalue weighted by molar-refractivity contribution is 0.296. The normalized spacial score (nSPS) is 11.3. The Hall–Kier alpha value is -12.1. The Morgan fingerprint density at radius 2 is 0.821 bits per heavy atom. The molecule has 26 nitrogen and oxygen atoms in total. The Labute approximate surface area is 545 Å². The lowest BCUT2D eigenvalue weighted by Gasteiger charge is -2.09. The van der Waals surface area contributed by atoms with Crippen molar-refractivity contribution < 1.29 is 41.6 Å². The third-order valence-electron chi connectivity index (χ3n) is 14.9. The molecular formula is C67H54ClN17O9S. The molecule has 0 fully saturated rings. The van der Waals surface area contributed by atoms with Gasteiger partial charge in [0.05, 0.1) is 72.5 Å².